The SMILES string of the molecule is C.C.C.Cc1cc(CC(C)C)ccc1-c1cccc[n+]1C.Cc1ccc(C)c(-c2cccc[n+]2C)c1.[2H]C([2H])([2H])C([2H])(C)c1ccc(-c2cccc[n+]2C)c(C)c1.[2H]C([2H])([2H])C([2H])([2H])c1ccc(-c2cccc[n+]2C)c(C)c1.[2H]C([2H])([2H])c1ccc(-c2cccc[n+]2C)c(C)c1. The normalized spacial score (nSPS) is 13.7. The van der Waals surface area contributed by atoms with Gasteiger partial charge in [0.15, 0.2) is 31.0 Å². The molecule has 5 heteroatoms. The molecule has 5 heterocycles. The van der Waals surface area contributed by atoms with Gasteiger partial charge in [-0.1, -0.05) is 129 Å². The van der Waals surface area contributed by atoms with Gasteiger partial charge in [0.25, 0.3) is 0 Å². The van der Waals surface area contributed by atoms with Crippen molar-refractivity contribution >= 4 is 0 Å². The van der Waals surface area contributed by atoms with Gasteiger partial charge < -0.3 is 0 Å². The second-order valence-electron chi connectivity index (χ2n) is 21.4. The van der Waals surface area contributed by atoms with E-state index < -0.39 is 32.8 Å². The lowest BCUT2D eigenvalue weighted by Crippen LogP contribution is -2.30. The van der Waals surface area contributed by atoms with Crippen molar-refractivity contribution in [1.82, 2.24) is 0 Å². The van der Waals surface area contributed by atoms with Gasteiger partial charge in [-0.3, -0.25) is 0 Å². The van der Waals surface area contributed by atoms with Gasteiger partial charge in [0, 0.05) is 105 Å². The highest BCUT2D eigenvalue weighted by molar-refractivity contribution is 5.65. The summed E-state index contributed by atoms with van der Waals surface area (Å²) < 4.78 is 101. The molecule has 0 amide bonds. The van der Waals surface area contributed by atoms with E-state index >= 15 is 0 Å². The molecule has 0 bridgehead atoms. The van der Waals surface area contributed by atoms with Crippen molar-refractivity contribution in [2.45, 2.75) is 124 Å². The summed E-state index contributed by atoms with van der Waals surface area (Å²) in [6.45, 7) is 11.1. The van der Waals surface area contributed by atoms with E-state index in [1.807, 2.05) is 147 Å². The highest BCUT2D eigenvalue weighted by Gasteiger charge is 2.16. The molecular formula is C79H104N5+5. The van der Waals surface area contributed by atoms with Gasteiger partial charge in [-0.25, -0.2) is 22.8 Å². The van der Waals surface area contributed by atoms with Crippen LogP contribution in [0.1, 0.15) is 135 Å². The summed E-state index contributed by atoms with van der Waals surface area (Å²) in [6, 6.07) is 59.5. The van der Waals surface area contributed by atoms with E-state index in [9.17, 15) is 0 Å². The van der Waals surface area contributed by atoms with Crippen LogP contribution in [-0.4, -0.2) is 0 Å². The molecule has 0 N–H and O–H groups in total. The summed E-state index contributed by atoms with van der Waals surface area (Å²) in [6.07, 6.45) is 8.86. The largest absolute Gasteiger partial charge is 0.212 e. The molecule has 0 saturated carbocycles. The predicted octanol–water partition coefficient (Wildman–Crippen LogP) is 17.8. The van der Waals surface area contributed by atoms with E-state index in [0.29, 0.717) is 17.0 Å². The van der Waals surface area contributed by atoms with E-state index in [1.54, 1.807) is 36.4 Å². The number of aromatic nitrogens is 5. The second kappa shape index (κ2) is 33.8. The van der Waals surface area contributed by atoms with Crippen LogP contribution in [0.25, 0.3) is 56.3 Å². The highest BCUT2D eigenvalue weighted by Crippen LogP contribution is 2.27. The number of rotatable bonds is 9. The monoisotopic (exact) mass is 1130 g/mol. The van der Waals surface area contributed by atoms with Crippen molar-refractivity contribution in [2.75, 3.05) is 0 Å². The summed E-state index contributed by atoms with van der Waals surface area (Å²) in [5.41, 5.74) is 20.7. The molecular weight excluding hydrogens is 1020 g/mol. The summed E-state index contributed by atoms with van der Waals surface area (Å²) in [5.74, 6) is -0.891. The first kappa shape index (κ1) is 52.6. The Balaban J connectivity index is 0.000000311. The Labute approximate surface area is 527 Å². The molecule has 5 aromatic heterocycles. The Morgan fingerprint density at radius 1 is 0.381 bits per heavy atom. The van der Waals surface area contributed by atoms with Crippen molar-refractivity contribution in [1.29, 1.82) is 0 Å². The molecule has 10 rings (SSSR count). The topological polar surface area (TPSA) is 19.4 Å². The molecule has 0 aliphatic carbocycles. The fraction of sp³-hybridized carbons (Fsp3) is 0.304. The lowest BCUT2D eigenvalue weighted by molar-refractivity contribution is -0.660. The summed E-state index contributed by atoms with van der Waals surface area (Å²) in [5, 5.41) is 0. The molecule has 0 radical (unpaired) electrons. The molecule has 440 valence electrons. The average molecular weight is 1140 g/mol. The first-order chi connectivity index (χ1) is 43.4. The minimum Gasteiger partial charge on any atom is -0.201 e. The van der Waals surface area contributed by atoms with Crippen molar-refractivity contribution in [3.63, 3.8) is 0 Å². The molecule has 0 spiro atoms. The van der Waals surface area contributed by atoms with E-state index in [4.69, 9.17) is 16.4 Å². The first-order valence-corrected chi connectivity index (χ1v) is 27.7. The molecule has 1 atom stereocenters. The van der Waals surface area contributed by atoms with Gasteiger partial charge in [-0.2, -0.15) is 0 Å². The molecule has 0 fully saturated rings. The number of hydrogen-bond acceptors (Lipinski definition) is 0. The third-order valence-corrected chi connectivity index (χ3v) is 14.2. The van der Waals surface area contributed by atoms with Crippen LogP contribution < -0.4 is 22.8 Å². The Hall–Kier alpha value is -8.15. The number of aryl methyl sites for hydroxylation is 13. The van der Waals surface area contributed by atoms with Crippen molar-refractivity contribution in [3.05, 3.63) is 269 Å². The number of hydrogen-bond donors (Lipinski definition) is 0. The molecule has 5 nitrogen and oxygen atoms in total. The Bertz CT molecular complexity index is 4050. The van der Waals surface area contributed by atoms with E-state index in [2.05, 4.69) is 143 Å². The van der Waals surface area contributed by atoms with Crippen LogP contribution in [0.15, 0.2) is 213 Å². The van der Waals surface area contributed by atoms with Crippen LogP contribution in [0.4, 0.5) is 0 Å². The van der Waals surface area contributed by atoms with Crippen molar-refractivity contribution in [3.8, 4) is 56.3 Å². The van der Waals surface area contributed by atoms with Crippen LogP contribution in [0, 0.1) is 54.3 Å². The first-order valence-electron chi connectivity index (χ1n) is 33.7. The maximum absolute atomic E-state index is 8.17. The van der Waals surface area contributed by atoms with Crippen LogP contribution in [0.5, 0.6) is 0 Å². The zero-order valence-electron chi connectivity index (χ0n) is 62.2. The van der Waals surface area contributed by atoms with Gasteiger partial charge >= 0.3 is 0 Å². The minimum atomic E-state index is -2.68. The fourth-order valence-corrected chi connectivity index (χ4v) is 9.80. The number of nitrogens with zero attached hydrogens (tertiary/aromatic N) is 5. The number of pyridine rings is 5. The third-order valence-electron chi connectivity index (χ3n) is 14.2. The molecule has 1 unspecified atom stereocenters. The fourth-order valence-electron chi connectivity index (χ4n) is 9.80. The van der Waals surface area contributed by atoms with E-state index in [0.717, 1.165) is 56.9 Å². The maximum atomic E-state index is 8.17. The lowest BCUT2D eigenvalue weighted by Gasteiger charge is -2.09. The zero-order valence-corrected chi connectivity index (χ0v) is 50.2. The van der Waals surface area contributed by atoms with Gasteiger partial charge in [-0.05, 0) is 178 Å². The smallest absolute Gasteiger partial charge is 0.201 e. The number of benzene rings is 5. The highest BCUT2D eigenvalue weighted by atomic mass is 14.9. The zero-order chi connectivity index (χ0) is 69.0. The molecule has 0 aliphatic rings. The third kappa shape index (κ3) is 19.5. The summed E-state index contributed by atoms with van der Waals surface area (Å²) in [4.78, 5) is 0. The Morgan fingerprint density at radius 3 is 1.12 bits per heavy atom. The lowest BCUT2D eigenvalue weighted by atomic mass is 9.96. The predicted molar refractivity (Wildman–Crippen MR) is 361 cm³/mol. The average Bonchev–Trinajstić information content (AvgIpc) is 0.794. The molecule has 5 aromatic carbocycles. The molecule has 84 heavy (non-hydrogen) atoms. The maximum Gasteiger partial charge on any atom is 0.212 e. The van der Waals surface area contributed by atoms with Crippen molar-refractivity contribution in [2.24, 2.45) is 41.2 Å². The second-order valence-corrected chi connectivity index (χ2v) is 21.4. The Kier molecular flexibility index (Phi) is 21.2. The van der Waals surface area contributed by atoms with E-state index in [1.165, 1.54) is 51.7 Å². The van der Waals surface area contributed by atoms with Gasteiger partial charge in [-0.15, -0.1) is 0 Å². The standard InChI is InChI=1S/C17H22N.C16H20N.C15H18N.2C14H16N.3CH4/c1-13(2)11-15-8-9-16(14(3)12-15)17-7-5-6-10-18(17)4;1-12(2)14-8-9-15(13(3)11-14)16-7-5-6-10-17(16)4;1-4-13-8-9-14(12(2)11-13)15-7-5-6-10-16(15)3;1-11-7-8-13(12(2)10-11)14-6-4-5-9-15(14)3;1-11-7-8-12(2)13(10-11)14-6-4-5-9-15(14)3;;;/h5-10,12-13H,11H2,1-4H3;5-12H,1-4H3;5-11H,4H2,1-3H3;2*4-10H,1-3H3;3*1H4/q5*+1;;;/i;1D3,12D;1D3,4D2;1D3;;;;. The Morgan fingerprint density at radius 2 is 0.750 bits per heavy atom. The van der Waals surface area contributed by atoms with E-state index in [-0.39, 0.29) is 27.8 Å². The quantitative estimate of drug-likeness (QED) is 0.128. The van der Waals surface area contributed by atoms with Crippen LogP contribution in [-0.2, 0) is 48.0 Å². The molecule has 0 aliphatic heterocycles. The minimum absolute atomic E-state index is 0. The summed E-state index contributed by atoms with van der Waals surface area (Å²) in [7, 11) is 10.1. The van der Waals surface area contributed by atoms with Crippen LogP contribution in [0.3, 0.4) is 0 Å². The van der Waals surface area contributed by atoms with Crippen LogP contribution in [0.2, 0.25) is 0 Å². The van der Waals surface area contributed by atoms with Crippen LogP contribution >= 0.6 is 0 Å². The molecule has 0 saturated heterocycles. The van der Waals surface area contributed by atoms with Gasteiger partial charge in [0.2, 0.25) is 28.5 Å². The van der Waals surface area contributed by atoms with Crippen molar-refractivity contribution < 1.29 is 39.3 Å². The van der Waals surface area contributed by atoms with Gasteiger partial charge in [0.05, 0.1) is 0 Å². The van der Waals surface area contributed by atoms with Gasteiger partial charge in [0.1, 0.15) is 35.2 Å². The summed E-state index contributed by atoms with van der Waals surface area (Å²) >= 11 is 0. The molecule has 10 aromatic rings.